The molecule has 0 amide bonds. The third-order valence-corrected chi connectivity index (χ3v) is 3.07. The third-order valence-electron chi connectivity index (χ3n) is 3.07. The van der Waals surface area contributed by atoms with Crippen LogP contribution in [0.4, 0.5) is 0 Å². The van der Waals surface area contributed by atoms with Crippen molar-refractivity contribution in [3.63, 3.8) is 0 Å². The SMILES string of the molecule is COCOc1cc(O)cc2c1[C@@H]1CCO[C@@H]1O2. The van der Waals surface area contributed by atoms with Crippen LogP contribution in [0.3, 0.4) is 0 Å². The van der Waals surface area contributed by atoms with Crippen LogP contribution in [0.1, 0.15) is 17.9 Å². The minimum Gasteiger partial charge on any atom is -0.508 e. The normalized spacial score (nSPS) is 25.2. The predicted molar refractivity (Wildman–Crippen MR) is 58.3 cm³/mol. The number of aromatic hydroxyl groups is 1. The van der Waals surface area contributed by atoms with E-state index in [1.165, 1.54) is 0 Å². The fraction of sp³-hybridized carbons (Fsp3) is 0.500. The molecule has 0 bridgehead atoms. The largest absolute Gasteiger partial charge is 0.508 e. The maximum absolute atomic E-state index is 9.60. The van der Waals surface area contributed by atoms with Gasteiger partial charge >= 0.3 is 0 Å². The zero-order valence-corrected chi connectivity index (χ0v) is 9.51. The van der Waals surface area contributed by atoms with Crippen molar-refractivity contribution in [2.45, 2.75) is 18.6 Å². The molecule has 1 aromatic carbocycles. The van der Waals surface area contributed by atoms with E-state index in [0.29, 0.717) is 18.1 Å². The topological polar surface area (TPSA) is 57.2 Å². The number of hydrogen-bond acceptors (Lipinski definition) is 5. The number of fused-ring (bicyclic) bond motifs is 3. The molecule has 0 saturated carbocycles. The Bertz CT molecular complexity index is 431. The van der Waals surface area contributed by atoms with Gasteiger partial charge in [0.1, 0.15) is 17.2 Å². The molecule has 92 valence electrons. The molecule has 1 aromatic rings. The zero-order chi connectivity index (χ0) is 11.8. The van der Waals surface area contributed by atoms with Crippen LogP contribution in [0.5, 0.6) is 17.2 Å². The van der Waals surface area contributed by atoms with E-state index < -0.39 is 0 Å². The molecular formula is C12H14O5. The summed E-state index contributed by atoms with van der Waals surface area (Å²) in [7, 11) is 1.56. The molecular weight excluding hydrogens is 224 g/mol. The highest BCUT2D eigenvalue weighted by molar-refractivity contribution is 5.54. The van der Waals surface area contributed by atoms with E-state index in [1.807, 2.05) is 0 Å². The van der Waals surface area contributed by atoms with Crippen LogP contribution in [-0.2, 0) is 9.47 Å². The molecule has 2 atom stereocenters. The second-order valence-corrected chi connectivity index (χ2v) is 4.16. The highest BCUT2D eigenvalue weighted by Gasteiger charge is 2.41. The first-order valence-electron chi connectivity index (χ1n) is 5.56. The summed E-state index contributed by atoms with van der Waals surface area (Å²) in [6, 6.07) is 3.18. The number of rotatable bonds is 3. The van der Waals surface area contributed by atoms with Crippen molar-refractivity contribution in [3.05, 3.63) is 17.7 Å². The number of ether oxygens (including phenoxy) is 4. The van der Waals surface area contributed by atoms with Crippen molar-refractivity contribution in [2.75, 3.05) is 20.5 Å². The molecule has 5 nitrogen and oxygen atoms in total. The van der Waals surface area contributed by atoms with Gasteiger partial charge in [-0.1, -0.05) is 0 Å². The molecule has 2 aliphatic heterocycles. The van der Waals surface area contributed by atoms with Crippen molar-refractivity contribution in [2.24, 2.45) is 0 Å². The van der Waals surface area contributed by atoms with E-state index in [4.69, 9.17) is 18.9 Å². The lowest BCUT2D eigenvalue weighted by atomic mass is 9.97. The van der Waals surface area contributed by atoms with Gasteiger partial charge in [-0.15, -0.1) is 0 Å². The van der Waals surface area contributed by atoms with Gasteiger partial charge in [-0.2, -0.15) is 0 Å². The quantitative estimate of drug-likeness (QED) is 0.810. The average Bonchev–Trinajstić information content (AvgIpc) is 2.84. The van der Waals surface area contributed by atoms with E-state index in [2.05, 4.69) is 0 Å². The summed E-state index contributed by atoms with van der Waals surface area (Å²) in [6.07, 6.45) is 0.669. The summed E-state index contributed by atoms with van der Waals surface area (Å²) >= 11 is 0. The Morgan fingerprint density at radius 3 is 3.18 bits per heavy atom. The Labute approximate surface area is 98.9 Å². The molecule has 17 heavy (non-hydrogen) atoms. The van der Waals surface area contributed by atoms with Gasteiger partial charge in [0.2, 0.25) is 6.29 Å². The van der Waals surface area contributed by atoms with Gasteiger partial charge in [0.25, 0.3) is 0 Å². The van der Waals surface area contributed by atoms with Gasteiger partial charge in [0.15, 0.2) is 6.79 Å². The van der Waals surface area contributed by atoms with Gasteiger partial charge in [0.05, 0.1) is 12.5 Å². The summed E-state index contributed by atoms with van der Waals surface area (Å²) in [5.41, 5.74) is 0.974. The first-order valence-corrected chi connectivity index (χ1v) is 5.56. The Balaban J connectivity index is 1.98. The van der Waals surface area contributed by atoms with E-state index in [0.717, 1.165) is 12.0 Å². The molecule has 0 unspecified atom stereocenters. The summed E-state index contributed by atoms with van der Waals surface area (Å²) in [5.74, 6) is 1.57. The Morgan fingerprint density at radius 2 is 2.35 bits per heavy atom. The Hall–Kier alpha value is -1.46. The zero-order valence-electron chi connectivity index (χ0n) is 9.51. The van der Waals surface area contributed by atoms with E-state index in [-0.39, 0.29) is 24.8 Å². The van der Waals surface area contributed by atoms with Crippen LogP contribution < -0.4 is 9.47 Å². The predicted octanol–water partition coefficient (Wildman–Crippen LogP) is 1.60. The van der Waals surface area contributed by atoms with Gasteiger partial charge < -0.3 is 24.1 Å². The minimum absolute atomic E-state index is 0.120. The maximum atomic E-state index is 9.60. The number of hydrogen-bond donors (Lipinski definition) is 1. The molecule has 1 N–H and O–H groups in total. The van der Waals surface area contributed by atoms with Crippen LogP contribution >= 0.6 is 0 Å². The van der Waals surface area contributed by atoms with Crippen molar-refractivity contribution < 1.29 is 24.1 Å². The first kappa shape index (κ1) is 10.7. The molecule has 0 spiro atoms. The number of phenolic OH excluding ortho intramolecular Hbond substituents is 1. The number of methoxy groups -OCH3 is 1. The highest BCUT2D eigenvalue weighted by atomic mass is 16.7. The molecule has 0 aromatic heterocycles. The number of benzene rings is 1. The summed E-state index contributed by atoms with van der Waals surface area (Å²) in [6.45, 7) is 0.841. The van der Waals surface area contributed by atoms with Crippen LogP contribution in [0.2, 0.25) is 0 Å². The Kier molecular flexibility index (Phi) is 2.57. The van der Waals surface area contributed by atoms with E-state index in [9.17, 15) is 5.11 Å². The summed E-state index contributed by atoms with van der Waals surface area (Å²) < 4.78 is 21.4. The van der Waals surface area contributed by atoms with Crippen LogP contribution in [0.25, 0.3) is 0 Å². The van der Waals surface area contributed by atoms with Crippen molar-refractivity contribution in [1.82, 2.24) is 0 Å². The summed E-state index contributed by atoms with van der Waals surface area (Å²) in [5, 5.41) is 9.60. The van der Waals surface area contributed by atoms with E-state index in [1.54, 1.807) is 19.2 Å². The standard InChI is InChI=1S/C12H14O5/c1-14-6-16-9-4-7(13)5-10-11(9)8-2-3-15-12(8)17-10/h4-5,8,12-13H,2-3,6H2,1H3/t8-,12+/m0/s1. The van der Waals surface area contributed by atoms with Crippen LogP contribution in [-0.4, -0.2) is 31.9 Å². The monoisotopic (exact) mass is 238 g/mol. The molecule has 0 aliphatic carbocycles. The molecule has 2 heterocycles. The maximum Gasteiger partial charge on any atom is 0.207 e. The Morgan fingerprint density at radius 1 is 1.47 bits per heavy atom. The molecule has 2 aliphatic rings. The van der Waals surface area contributed by atoms with Crippen molar-refractivity contribution in [3.8, 4) is 17.2 Å². The van der Waals surface area contributed by atoms with E-state index >= 15 is 0 Å². The van der Waals surface area contributed by atoms with Crippen LogP contribution in [0.15, 0.2) is 12.1 Å². The fourth-order valence-corrected chi connectivity index (χ4v) is 2.38. The molecule has 1 saturated heterocycles. The number of phenols is 1. The lowest BCUT2D eigenvalue weighted by Gasteiger charge is -2.11. The molecule has 3 rings (SSSR count). The molecule has 1 fully saturated rings. The molecule has 5 heteroatoms. The lowest BCUT2D eigenvalue weighted by Crippen LogP contribution is -2.14. The van der Waals surface area contributed by atoms with Crippen molar-refractivity contribution in [1.29, 1.82) is 0 Å². The summed E-state index contributed by atoms with van der Waals surface area (Å²) in [4.78, 5) is 0. The second kappa shape index (κ2) is 4.09. The van der Waals surface area contributed by atoms with Gasteiger partial charge in [-0.05, 0) is 6.42 Å². The van der Waals surface area contributed by atoms with Gasteiger partial charge in [-0.25, -0.2) is 0 Å². The highest BCUT2D eigenvalue weighted by Crippen LogP contribution is 2.50. The minimum atomic E-state index is -0.239. The van der Waals surface area contributed by atoms with Gasteiger partial charge in [-0.3, -0.25) is 0 Å². The second-order valence-electron chi connectivity index (χ2n) is 4.16. The molecule has 0 radical (unpaired) electrons. The van der Waals surface area contributed by atoms with Gasteiger partial charge in [0, 0.05) is 24.8 Å². The average molecular weight is 238 g/mol. The smallest absolute Gasteiger partial charge is 0.207 e. The van der Waals surface area contributed by atoms with Crippen LogP contribution in [0, 0.1) is 0 Å². The third kappa shape index (κ3) is 1.71. The fourth-order valence-electron chi connectivity index (χ4n) is 2.38. The lowest BCUT2D eigenvalue weighted by molar-refractivity contribution is -0.0338. The first-order chi connectivity index (χ1) is 8.29. The van der Waals surface area contributed by atoms with Crippen molar-refractivity contribution >= 4 is 0 Å².